The average molecular weight is 442 g/mol. The van der Waals surface area contributed by atoms with Crippen LogP contribution in [0.5, 0.6) is 0 Å². The van der Waals surface area contributed by atoms with Crippen molar-refractivity contribution in [2.75, 3.05) is 26.2 Å². The van der Waals surface area contributed by atoms with Crippen molar-refractivity contribution in [2.24, 2.45) is 4.40 Å². The van der Waals surface area contributed by atoms with Gasteiger partial charge in [-0.3, -0.25) is 4.79 Å². The van der Waals surface area contributed by atoms with E-state index < -0.39 is 15.8 Å². The van der Waals surface area contributed by atoms with Gasteiger partial charge in [-0.05, 0) is 49.6 Å². The molecule has 0 spiro atoms. The zero-order valence-corrected chi connectivity index (χ0v) is 18.3. The highest BCUT2D eigenvalue weighted by Crippen LogP contribution is 2.34. The van der Waals surface area contributed by atoms with Crippen LogP contribution in [0, 0.1) is 12.7 Å². The van der Waals surface area contributed by atoms with Crippen molar-refractivity contribution in [3.63, 3.8) is 0 Å². The van der Waals surface area contributed by atoms with Gasteiger partial charge in [0.05, 0.1) is 0 Å². The predicted octanol–water partition coefficient (Wildman–Crippen LogP) is 3.46. The van der Waals surface area contributed by atoms with Crippen LogP contribution in [0.15, 0.2) is 58.5 Å². The summed E-state index contributed by atoms with van der Waals surface area (Å²) in [5.74, 6) is -0.0332. The third-order valence-corrected chi connectivity index (χ3v) is 7.18. The number of carbonyl (C=O) groups excluding carboxylic acids is 1. The van der Waals surface area contributed by atoms with E-state index in [0.717, 1.165) is 5.56 Å². The third-order valence-electron chi connectivity index (χ3n) is 5.71. The molecule has 1 fully saturated rings. The molecule has 31 heavy (non-hydrogen) atoms. The first kappa shape index (κ1) is 21.2. The second kappa shape index (κ2) is 8.26. The maximum atomic E-state index is 13.3. The maximum Gasteiger partial charge on any atom is 0.285 e. The fourth-order valence-corrected chi connectivity index (χ4v) is 5.58. The summed E-state index contributed by atoms with van der Waals surface area (Å²) in [6.45, 7) is 5.80. The van der Waals surface area contributed by atoms with Crippen LogP contribution in [-0.4, -0.2) is 56.1 Å². The zero-order valence-electron chi connectivity index (χ0n) is 17.5. The minimum absolute atomic E-state index is 0.0137. The SMILES string of the molecule is CC1=C(c2ccc(F)cc2)S(=O)(=O)N=C1N1CCCN(C(=O)c2ccccc2C)CC1. The maximum absolute atomic E-state index is 13.3. The van der Waals surface area contributed by atoms with Crippen molar-refractivity contribution >= 4 is 26.7 Å². The number of carbonyl (C=O) groups is 1. The summed E-state index contributed by atoms with van der Waals surface area (Å²) in [6, 6.07) is 12.9. The van der Waals surface area contributed by atoms with Crippen LogP contribution in [0.1, 0.15) is 34.8 Å². The monoisotopic (exact) mass is 441 g/mol. The highest BCUT2D eigenvalue weighted by molar-refractivity contribution is 8.00. The molecule has 2 aromatic rings. The summed E-state index contributed by atoms with van der Waals surface area (Å²) in [4.78, 5) is 16.8. The quantitative estimate of drug-likeness (QED) is 0.716. The molecule has 0 atom stereocenters. The first-order valence-electron chi connectivity index (χ1n) is 10.2. The fourth-order valence-electron chi connectivity index (χ4n) is 4.10. The van der Waals surface area contributed by atoms with Crippen LogP contribution in [0.2, 0.25) is 0 Å². The number of amidine groups is 1. The van der Waals surface area contributed by atoms with Crippen molar-refractivity contribution in [3.8, 4) is 0 Å². The fraction of sp³-hybridized carbons (Fsp3) is 0.304. The molecular weight excluding hydrogens is 417 g/mol. The van der Waals surface area contributed by atoms with E-state index in [9.17, 15) is 17.6 Å². The number of sulfonamides is 1. The molecule has 0 aromatic heterocycles. The van der Waals surface area contributed by atoms with Gasteiger partial charge in [-0.2, -0.15) is 8.42 Å². The molecule has 0 radical (unpaired) electrons. The number of nitrogens with zero attached hydrogens (tertiary/aromatic N) is 3. The Balaban J connectivity index is 1.56. The van der Waals surface area contributed by atoms with E-state index in [0.29, 0.717) is 55.1 Å². The summed E-state index contributed by atoms with van der Waals surface area (Å²) in [5, 5.41) is 0. The second-order valence-corrected chi connectivity index (χ2v) is 9.34. The van der Waals surface area contributed by atoms with Crippen molar-refractivity contribution in [2.45, 2.75) is 20.3 Å². The standard InChI is InChI=1S/C23H24FN3O3S/c1-16-6-3-4-7-20(16)23(28)27-13-5-12-26(14-15-27)22-17(2)21(31(29,30)25-22)18-8-10-19(24)11-9-18/h3-4,6-11H,5,12-15H2,1-2H3. The molecule has 2 aromatic carbocycles. The average Bonchev–Trinajstić information content (AvgIpc) is 2.90. The number of hydrogen-bond donors (Lipinski definition) is 0. The Morgan fingerprint density at radius 2 is 1.68 bits per heavy atom. The van der Waals surface area contributed by atoms with Gasteiger partial charge in [0, 0.05) is 37.3 Å². The molecule has 2 aliphatic heterocycles. The number of benzene rings is 2. The number of rotatable bonds is 2. The summed E-state index contributed by atoms with van der Waals surface area (Å²) in [5.41, 5.74) is 2.59. The molecule has 2 heterocycles. The van der Waals surface area contributed by atoms with E-state index in [-0.39, 0.29) is 10.8 Å². The Morgan fingerprint density at radius 1 is 0.968 bits per heavy atom. The second-order valence-electron chi connectivity index (χ2n) is 7.80. The summed E-state index contributed by atoms with van der Waals surface area (Å²) in [6.07, 6.45) is 0.704. The van der Waals surface area contributed by atoms with Gasteiger partial charge in [-0.15, -0.1) is 4.40 Å². The molecule has 162 valence electrons. The van der Waals surface area contributed by atoms with Gasteiger partial charge in [0.15, 0.2) is 0 Å². The molecule has 0 saturated carbocycles. The van der Waals surface area contributed by atoms with Gasteiger partial charge in [0.1, 0.15) is 16.6 Å². The van der Waals surface area contributed by atoms with E-state index in [1.165, 1.54) is 24.3 Å². The zero-order chi connectivity index (χ0) is 22.2. The molecule has 1 saturated heterocycles. The molecule has 0 bridgehead atoms. The molecule has 4 rings (SSSR count). The number of hydrogen-bond acceptors (Lipinski definition) is 4. The van der Waals surface area contributed by atoms with Crippen molar-refractivity contribution in [1.29, 1.82) is 0 Å². The van der Waals surface area contributed by atoms with Crippen LogP contribution >= 0.6 is 0 Å². The number of halogens is 1. The highest BCUT2D eigenvalue weighted by Gasteiger charge is 2.34. The molecule has 2 aliphatic rings. The van der Waals surface area contributed by atoms with Gasteiger partial charge in [0.2, 0.25) is 0 Å². The number of amides is 1. The third kappa shape index (κ3) is 4.12. The lowest BCUT2D eigenvalue weighted by molar-refractivity contribution is 0.0763. The summed E-state index contributed by atoms with van der Waals surface area (Å²) >= 11 is 0. The Bertz CT molecular complexity index is 1190. The van der Waals surface area contributed by atoms with E-state index in [1.54, 1.807) is 6.92 Å². The Morgan fingerprint density at radius 3 is 2.39 bits per heavy atom. The molecule has 1 amide bonds. The highest BCUT2D eigenvalue weighted by atomic mass is 32.2. The van der Waals surface area contributed by atoms with E-state index in [1.807, 2.05) is 41.0 Å². The molecule has 6 nitrogen and oxygen atoms in total. The Kier molecular flexibility index (Phi) is 5.66. The van der Waals surface area contributed by atoms with E-state index >= 15 is 0 Å². The lowest BCUT2D eigenvalue weighted by Crippen LogP contribution is -2.37. The first-order chi connectivity index (χ1) is 14.8. The number of aryl methyl sites for hydroxylation is 1. The van der Waals surface area contributed by atoms with Gasteiger partial charge < -0.3 is 9.80 Å². The topological polar surface area (TPSA) is 70.1 Å². The van der Waals surface area contributed by atoms with Crippen LogP contribution in [0.3, 0.4) is 0 Å². The normalized spacial score (nSPS) is 18.7. The molecular formula is C23H24FN3O3S. The Hall–Kier alpha value is -3.00. The van der Waals surface area contributed by atoms with Crippen LogP contribution in [0.25, 0.3) is 4.91 Å². The van der Waals surface area contributed by atoms with E-state index in [4.69, 9.17) is 0 Å². The molecule has 0 unspecified atom stereocenters. The largest absolute Gasteiger partial charge is 0.354 e. The van der Waals surface area contributed by atoms with Gasteiger partial charge >= 0.3 is 0 Å². The van der Waals surface area contributed by atoms with Crippen LogP contribution < -0.4 is 0 Å². The first-order valence-corrected chi connectivity index (χ1v) is 11.6. The van der Waals surface area contributed by atoms with E-state index in [2.05, 4.69) is 4.40 Å². The Labute approximate surface area is 181 Å². The van der Waals surface area contributed by atoms with Crippen LogP contribution in [0.4, 0.5) is 4.39 Å². The van der Waals surface area contributed by atoms with Crippen molar-refractivity contribution in [1.82, 2.24) is 9.80 Å². The lowest BCUT2D eigenvalue weighted by Gasteiger charge is -2.24. The molecule has 0 aliphatic carbocycles. The minimum atomic E-state index is -3.87. The summed E-state index contributed by atoms with van der Waals surface area (Å²) < 4.78 is 42.8. The summed E-state index contributed by atoms with van der Waals surface area (Å²) in [7, 11) is -3.87. The molecule has 8 heteroatoms. The predicted molar refractivity (Wildman–Crippen MR) is 119 cm³/mol. The smallest absolute Gasteiger partial charge is 0.285 e. The van der Waals surface area contributed by atoms with Crippen LogP contribution in [-0.2, 0) is 10.0 Å². The van der Waals surface area contributed by atoms with Gasteiger partial charge in [-0.1, -0.05) is 30.3 Å². The minimum Gasteiger partial charge on any atom is -0.354 e. The molecule has 0 N–H and O–H groups in total. The van der Waals surface area contributed by atoms with Crippen molar-refractivity contribution < 1.29 is 17.6 Å². The van der Waals surface area contributed by atoms with Crippen molar-refractivity contribution in [3.05, 3.63) is 76.6 Å². The van der Waals surface area contributed by atoms with Gasteiger partial charge in [0.25, 0.3) is 15.9 Å². The lowest BCUT2D eigenvalue weighted by atomic mass is 10.1. The van der Waals surface area contributed by atoms with Gasteiger partial charge in [-0.25, -0.2) is 4.39 Å².